The van der Waals surface area contributed by atoms with Gasteiger partial charge in [-0.05, 0) is 30.5 Å². The Balaban J connectivity index is 2.25. The van der Waals surface area contributed by atoms with Gasteiger partial charge in [0.25, 0.3) is 5.56 Å². The number of imidazole rings is 1. The molecule has 0 radical (unpaired) electrons. The monoisotopic (exact) mass is 395 g/mol. The van der Waals surface area contributed by atoms with Crippen LogP contribution < -0.4 is 11.2 Å². The topological polar surface area (TPSA) is 106 Å². The van der Waals surface area contributed by atoms with Gasteiger partial charge in [-0.2, -0.15) is 5.26 Å². The number of hydrogen-bond acceptors (Lipinski definition) is 5. The molecular weight excluding hydrogens is 370 g/mol. The predicted octanol–water partition coefficient (Wildman–Crippen LogP) is 1.98. The standard InChI is InChI=1S/C21H25N5O3/c1-3-5-11-25-19-18(24(10-4-2)17(14-27)23-19)20(28)26(21(25)29)13-16-8-6-15(12-22)7-9-16/h6-9,27H,3-5,10-11,13-14H2,1-2H3. The average Bonchev–Trinajstić information content (AvgIpc) is 3.10. The molecule has 3 rings (SSSR count). The maximum absolute atomic E-state index is 13.3. The summed E-state index contributed by atoms with van der Waals surface area (Å²) in [5.74, 6) is 0.389. The molecule has 0 atom stereocenters. The summed E-state index contributed by atoms with van der Waals surface area (Å²) in [6, 6.07) is 8.88. The highest BCUT2D eigenvalue weighted by Crippen LogP contribution is 2.14. The summed E-state index contributed by atoms with van der Waals surface area (Å²) in [4.78, 5) is 30.9. The van der Waals surface area contributed by atoms with Crippen molar-refractivity contribution >= 4 is 11.2 Å². The number of rotatable bonds is 8. The highest BCUT2D eigenvalue weighted by Gasteiger charge is 2.21. The van der Waals surface area contributed by atoms with Crippen LogP contribution in [0.2, 0.25) is 0 Å². The van der Waals surface area contributed by atoms with Crippen molar-refractivity contribution in [1.29, 1.82) is 5.26 Å². The van der Waals surface area contributed by atoms with Gasteiger partial charge in [0.15, 0.2) is 11.2 Å². The summed E-state index contributed by atoms with van der Waals surface area (Å²) in [6.07, 6.45) is 2.44. The van der Waals surface area contributed by atoms with E-state index in [1.54, 1.807) is 28.8 Å². The van der Waals surface area contributed by atoms with Crippen molar-refractivity contribution in [3.05, 3.63) is 62.1 Å². The van der Waals surface area contributed by atoms with E-state index in [-0.39, 0.29) is 13.2 Å². The Bertz CT molecular complexity index is 1160. The minimum absolute atomic E-state index is 0.108. The first-order valence-corrected chi connectivity index (χ1v) is 9.88. The van der Waals surface area contributed by atoms with Crippen LogP contribution in [-0.4, -0.2) is 23.8 Å². The van der Waals surface area contributed by atoms with Crippen molar-refractivity contribution in [2.75, 3.05) is 0 Å². The molecule has 2 heterocycles. The van der Waals surface area contributed by atoms with Crippen LogP contribution in [0.1, 0.15) is 50.1 Å². The molecule has 152 valence electrons. The third kappa shape index (κ3) is 3.87. The van der Waals surface area contributed by atoms with Gasteiger partial charge in [-0.3, -0.25) is 13.9 Å². The van der Waals surface area contributed by atoms with Gasteiger partial charge >= 0.3 is 5.69 Å². The number of nitriles is 1. The van der Waals surface area contributed by atoms with Gasteiger partial charge < -0.3 is 9.67 Å². The van der Waals surface area contributed by atoms with Crippen LogP contribution in [0.25, 0.3) is 11.2 Å². The third-order valence-corrected chi connectivity index (χ3v) is 4.94. The van der Waals surface area contributed by atoms with E-state index in [1.807, 2.05) is 13.8 Å². The second-order valence-corrected chi connectivity index (χ2v) is 7.00. The molecule has 8 nitrogen and oxygen atoms in total. The van der Waals surface area contributed by atoms with Gasteiger partial charge in [-0.1, -0.05) is 32.4 Å². The van der Waals surface area contributed by atoms with E-state index in [2.05, 4.69) is 11.1 Å². The lowest BCUT2D eigenvalue weighted by Crippen LogP contribution is -2.41. The quantitative estimate of drug-likeness (QED) is 0.628. The molecule has 29 heavy (non-hydrogen) atoms. The molecule has 0 aliphatic heterocycles. The second kappa shape index (κ2) is 8.88. The van der Waals surface area contributed by atoms with Crippen molar-refractivity contribution in [2.45, 2.75) is 59.4 Å². The Morgan fingerprint density at radius 2 is 1.76 bits per heavy atom. The highest BCUT2D eigenvalue weighted by molar-refractivity contribution is 5.71. The molecule has 1 aromatic carbocycles. The Hall–Kier alpha value is -3.18. The largest absolute Gasteiger partial charge is 0.388 e. The van der Waals surface area contributed by atoms with Gasteiger partial charge in [-0.25, -0.2) is 9.78 Å². The van der Waals surface area contributed by atoms with E-state index < -0.39 is 11.2 Å². The average molecular weight is 395 g/mol. The molecule has 0 unspecified atom stereocenters. The zero-order valence-corrected chi connectivity index (χ0v) is 16.8. The van der Waals surface area contributed by atoms with Crippen LogP contribution in [0.4, 0.5) is 0 Å². The van der Waals surface area contributed by atoms with E-state index in [4.69, 9.17) is 5.26 Å². The van der Waals surface area contributed by atoms with Crippen LogP contribution in [0.5, 0.6) is 0 Å². The number of hydrogen-bond donors (Lipinski definition) is 1. The Morgan fingerprint density at radius 1 is 1.03 bits per heavy atom. The van der Waals surface area contributed by atoms with Crippen LogP contribution in [0, 0.1) is 11.3 Å². The zero-order valence-electron chi connectivity index (χ0n) is 16.8. The third-order valence-electron chi connectivity index (χ3n) is 4.94. The number of benzene rings is 1. The van der Waals surface area contributed by atoms with Crippen molar-refractivity contribution in [2.24, 2.45) is 0 Å². The van der Waals surface area contributed by atoms with E-state index in [1.165, 1.54) is 9.13 Å². The minimum Gasteiger partial charge on any atom is -0.388 e. The second-order valence-electron chi connectivity index (χ2n) is 7.00. The Labute approximate surface area is 168 Å². The summed E-state index contributed by atoms with van der Waals surface area (Å²) < 4.78 is 4.47. The Morgan fingerprint density at radius 3 is 2.34 bits per heavy atom. The first kappa shape index (κ1) is 20.6. The fourth-order valence-electron chi connectivity index (χ4n) is 3.45. The van der Waals surface area contributed by atoms with Crippen LogP contribution in [0.15, 0.2) is 33.9 Å². The molecule has 8 heteroatoms. The number of aliphatic hydroxyl groups is 1. The van der Waals surface area contributed by atoms with Gasteiger partial charge in [-0.15, -0.1) is 0 Å². The highest BCUT2D eigenvalue weighted by atomic mass is 16.3. The molecule has 1 N–H and O–H groups in total. The maximum Gasteiger partial charge on any atom is 0.333 e. The van der Waals surface area contributed by atoms with Gasteiger partial charge in [0, 0.05) is 13.1 Å². The van der Waals surface area contributed by atoms with Crippen LogP contribution >= 0.6 is 0 Å². The number of unbranched alkanes of at least 4 members (excludes halogenated alkanes) is 1. The number of aliphatic hydroxyl groups excluding tert-OH is 1. The van der Waals surface area contributed by atoms with Crippen molar-refractivity contribution in [3.63, 3.8) is 0 Å². The lowest BCUT2D eigenvalue weighted by molar-refractivity contribution is 0.265. The van der Waals surface area contributed by atoms with E-state index >= 15 is 0 Å². The molecule has 0 spiro atoms. The molecule has 0 fully saturated rings. The van der Waals surface area contributed by atoms with Crippen molar-refractivity contribution < 1.29 is 5.11 Å². The lowest BCUT2D eigenvalue weighted by Gasteiger charge is -2.12. The molecule has 0 aliphatic carbocycles. The number of aryl methyl sites for hydroxylation is 2. The van der Waals surface area contributed by atoms with Crippen LogP contribution in [-0.2, 0) is 26.2 Å². The first-order valence-electron chi connectivity index (χ1n) is 9.88. The Kier molecular flexibility index (Phi) is 6.29. The van der Waals surface area contributed by atoms with Crippen LogP contribution in [0.3, 0.4) is 0 Å². The molecule has 0 saturated heterocycles. The molecule has 2 aromatic heterocycles. The van der Waals surface area contributed by atoms with Gasteiger partial charge in [0.1, 0.15) is 12.4 Å². The summed E-state index contributed by atoms with van der Waals surface area (Å²) in [7, 11) is 0. The lowest BCUT2D eigenvalue weighted by atomic mass is 10.1. The zero-order chi connectivity index (χ0) is 21.0. The summed E-state index contributed by atoms with van der Waals surface area (Å²) in [5, 5.41) is 18.7. The molecule has 0 aliphatic rings. The molecule has 0 saturated carbocycles. The molecular formula is C21H25N5O3. The number of fused-ring (bicyclic) bond motifs is 1. The molecule has 0 amide bonds. The number of aromatic nitrogens is 4. The summed E-state index contributed by atoms with van der Waals surface area (Å²) >= 11 is 0. The smallest absolute Gasteiger partial charge is 0.333 e. The van der Waals surface area contributed by atoms with E-state index in [0.717, 1.165) is 24.8 Å². The minimum atomic E-state index is -0.414. The predicted molar refractivity (Wildman–Crippen MR) is 110 cm³/mol. The summed E-state index contributed by atoms with van der Waals surface area (Å²) in [5.41, 5.74) is 1.13. The maximum atomic E-state index is 13.3. The number of nitrogens with zero attached hydrogens (tertiary/aromatic N) is 5. The molecule has 0 bridgehead atoms. The van der Waals surface area contributed by atoms with Crippen molar-refractivity contribution in [1.82, 2.24) is 18.7 Å². The normalized spacial score (nSPS) is 11.1. The van der Waals surface area contributed by atoms with E-state index in [9.17, 15) is 14.7 Å². The fourth-order valence-corrected chi connectivity index (χ4v) is 3.45. The summed E-state index contributed by atoms with van der Waals surface area (Å²) in [6.45, 7) is 4.81. The molecule has 3 aromatic rings. The van der Waals surface area contributed by atoms with E-state index in [0.29, 0.717) is 35.6 Å². The SMILES string of the molecule is CCCCn1c(=O)n(Cc2ccc(C#N)cc2)c(=O)c2c1nc(CO)n2CCC. The van der Waals surface area contributed by atoms with Gasteiger partial charge in [0.2, 0.25) is 0 Å². The fraction of sp³-hybridized carbons (Fsp3) is 0.429. The van der Waals surface area contributed by atoms with Gasteiger partial charge in [0.05, 0.1) is 18.2 Å². The first-order chi connectivity index (χ1) is 14.0. The van der Waals surface area contributed by atoms with Crippen molar-refractivity contribution in [3.8, 4) is 6.07 Å².